The van der Waals surface area contributed by atoms with Crippen LogP contribution < -0.4 is 10.0 Å². The van der Waals surface area contributed by atoms with Gasteiger partial charge in [0.2, 0.25) is 15.9 Å². The third-order valence-electron chi connectivity index (χ3n) is 4.25. The monoisotopic (exact) mass is 452 g/mol. The fourth-order valence-corrected chi connectivity index (χ4v) is 4.01. The molecule has 9 heteroatoms. The number of rotatable bonds is 10. The molecule has 0 saturated carbocycles. The van der Waals surface area contributed by atoms with Crippen molar-refractivity contribution in [1.82, 2.24) is 4.72 Å². The summed E-state index contributed by atoms with van der Waals surface area (Å²) in [5.41, 5.74) is 0.807. The predicted octanol–water partition coefficient (Wildman–Crippen LogP) is 3.99. The summed E-state index contributed by atoms with van der Waals surface area (Å²) in [4.78, 5) is 24.5. The average Bonchev–Trinajstić information content (AvgIpc) is 2.72. The summed E-state index contributed by atoms with van der Waals surface area (Å²) in [6.45, 7) is 3.94. The van der Waals surface area contributed by atoms with E-state index in [0.29, 0.717) is 29.1 Å². The van der Waals surface area contributed by atoms with Gasteiger partial charge in [0.15, 0.2) is 0 Å². The number of nitrogens with one attached hydrogen (secondary N) is 2. The van der Waals surface area contributed by atoms with Crippen LogP contribution in [0.5, 0.6) is 0 Å². The Morgan fingerprint density at radius 3 is 2.23 bits per heavy atom. The maximum Gasteiger partial charge on any atom is 0.338 e. The van der Waals surface area contributed by atoms with Gasteiger partial charge >= 0.3 is 5.97 Å². The van der Waals surface area contributed by atoms with Crippen LogP contribution in [0.1, 0.15) is 43.5 Å². The van der Waals surface area contributed by atoms with Crippen LogP contribution >= 0.6 is 11.6 Å². The van der Waals surface area contributed by atoms with Crippen LogP contribution in [-0.4, -0.2) is 32.9 Å². The van der Waals surface area contributed by atoms with E-state index in [1.165, 1.54) is 36.4 Å². The second-order valence-electron chi connectivity index (χ2n) is 6.56. The van der Waals surface area contributed by atoms with Gasteiger partial charge in [0.05, 0.1) is 17.1 Å². The predicted molar refractivity (Wildman–Crippen MR) is 116 cm³/mol. The molecule has 0 spiro atoms. The molecule has 0 fully saturated rings. The van der Waals surface area contributed by atoms with Crippen LogP contribution in [-0.2, 0) is 19.6 Å². The molecule has 1 amide bonds. The van der Waals surface area contributed by atoms with Crippen molar-refractivity contribution in [2.45, 2.75) is 44.0 Å². The molecule has 0 saturated heterocycles. The minimum Gasteiger partial charge on any atom is -0.462 e. The minimum atomic E-state index is -3.90. The van der Waals surface area contributed by atoms with Gasteiger partial charge in [-0.1, -0.05) is 31.4 Å². The number of halogens is 1. The normalized spacial score (nSPS) is 12.2. The Bertz CT molecular complexity index is 960. The first-order chi connectivity index (χ1) is 14.3. The Labute approximate surface area is 181 Å². The Kier molecular flexibility index (Phi) is 8.83. The molecular weight excluding hydrogens is 428 g/mol. The highest BCUT2D eigenvalue weighted by Gasteiger charge is 2.25. The Morgan fingerprint density at radius 2 is 1.67 bits per heavy atom. The molecule has 0 radical (unpaired) electrons. The summed E-state index contributed by atoms with van der Waals surface area (Å²) in [5, 5.41) is 3.11. The van der Waals surface area contributed by atoms with E-state index in [0.717, 1.165) is 6.42 Å². The first-order valence-electron chi connectivity index (χ1n) is 9.62. The van der Waals surface area contributed by atoms with E-state index in [4.69, 9.17) is 16.3 Å². The summed E-state index contributed by atoms with van der Waals surface area (Å²) in [6.07, 6.45) is 1.82. The highest BCUT2D eigenvalue weighted by Crippen LogP contribution is 2.17. The molecule has 0 aliphatic heterocycles. The van der Waals surface area contributed by atoms with Crippen molar-refractivity contribution < 1.29 is 22.7 Å². The van der Waals surface area contributed by atoms with Gasteiger partial charge in [-0.05, 0) is 61.9 Å². The number of anilines is 1. The lowest BCUT2D eigenvalue weighted by atomic mass is 10.1. The number of unbranched alkanes of at least 4 members (excludes halogenated alkanes) is 1. The molecule has 0 unspecified atom stereocenters. The summed E-state index contributed by atoms with van der Waals surface area (Å²) >= 11 is 5.82. The molecule has 30 heavy (non-hydrogen) atoms. The molecule has 2 aromatic rings. The average molecular weight is 453 g/mol. The van der Waals surface area contributed by atoms with Gasteiger partial charge in [-0.15, -0.1) is 0 Å². The summed E-state index contributed by atoms with van der Waals surface area (Å²) in [7, 11) is -3.90. The van der Waals surface area contributed by atoms with Crippen molar-refractivity contribution >= 4 is 39.2 Å². The Morgan fingerprint density at radius 1 is 1.03 bits per heavy atom. The maximum atomic E-state index is 12.8. The molecule has 7 nitrogen and oxygen atoms in total. The van der Waals surface area contributed by atoms with Crippen LogP contribution in [0.4, 0.5) is 5.69 Å². The van der Waals surface area contributed by atoms with E-state index < -0.39 is 27.9 Å². The van der Waals surface area contributed by atoms with Crippen molar-refractivity contribution in [3.63, 3.8) is 0 Å². The highest BCUT2D eigenvalue weighted by molar-refractivity contribution is 7.89. The van der Waals surface area contributed by atoms with Crippen LogP contribution in [0.3, 0.4) is 0 Å². The van der Waals surface area contributed by atoms with Crippen molar-refractivity contribution in [3.05, 3.63) is 59.1 Å². The molecule has 0 aliphatic rings. The van der Waals surface area contributed by atoms with Crippen molar-refractivity contribution in [2.24, 2.45) is 0 Å². The highest BCUT2D eigenvalue weighted by atomic mass is 35.5. The second kappa shape index (κ2) is 11.1. The number of benzene rings is 2. The number of carbonyl (C=O) groups excluding carboxylic acids is 2. The van der Waals surface area contributed by atoms with E-state index in [9.17, 15) is 18.0 Å². The smallest absolute Gasteiger partial charge is 0.338 e. The van der Waals surface area contributed by atoms with Gasteiger partial charge in [0, 0.05) is 10.7 Å². The standard InChI is InChI=1S/C21H25ClN2O5S/c1-3-5-6-19(24-30(27,28)18-13-9-16(22)10-14-18)20(25)23-17-11-7-15(8-12-17)21(26)29-4-2/h7-14,19,24H,3-6H2,1-2H3,(H,23,25)/t19-/m0/s1. The van der Waals surface area contributed by atoms with E-state index >= 15 is 0 Å². The zero-order valence-corrected chi connectivity index (χ0v) is 18.4. The largest absolute Gasteiger partial charge is 0.462 e. The molecule has 2 N–H and O–H groups in total. The number of sulfonamides is 1. The zero-order chi connectivity index (χ0) is 22.1. The van der Waals surface area contributed by atoms with E-state index in [1.807, 2.05) is 6.92 Å². The molecule has 0 heterocycles. The summed E-state index contributed by atoms with van der Waals surface area (Å²) < 4.78 is 32.7. The minimum absolute atomic E-state index is 0.0278. The third-order valence-corrected chi connectivity index (χ3v) is 5.99. The molecule has 1 atom stereocenters. The lowest BCUT2D eigenvalue weighted by Crippen LogP contribution is -2.43. The molecule has 0 aromatic heterocycles. The third kappa shape index (κ3) is 6.83. The topological polar surface area (TPSA) is 102 Å². The van der Waals surface area contributed by atoms with Gasteiger partial charge in [0.25, 0.3) is 0 Å². The molecule has 2 rings (SSSR count). The second-order valence-corrected chi connectivity index (χ2v) is 8.71. The van der Waals surface area contributed by atoms with Gasteiger partial charge in [0.1, 0.15) is 6.04 Å². The summed E-state index contributed by atoms with van der Waals surface area (Å²) in [5.74, 6) is -0.934. The molecule has 0 aliphatic carbocycles. The Hall–Kier alpha value is -2.42. The zero-order valence-electron chi connectivity index (χ0n) is 16.9. The fraction of sp³-hybridized carbons (Fsp3) is 0.333. The number of carbonyl (C=O) groups is 2. The quantitative estimate of drug-likeness (QED) is 0.530. The SMILES string of the molecule is CCCC[C@H](NS(=O)(=O)c1ccc(Cl)cc1)C(=O)Nc1ccc(C(=O)OCC)cc1. The maximum absolute atomic E-state index is 12.8. The van der Waals surface area contributed by atoms with Crippen molar-refractivity contribution in [3.8, 4) is 0 Å². The van der Waals surface area contributed by atoms with E-state index in [2.05, 4.69) is 10.0 Å². The van der Waals surface area contributed by atoms with Gasteiger partial charge in [-0.2, -0.15) is 4.72 Å². The first kappa shape index (κ1) is 23.9. The lowest BCUT2D eigenvalue weighted by molar-refractivity contribution is -0.117. The first-order valence-corrected chi connectivity index (χ1v) is 11.5. The van der Waals surface area contributed by atoms with Crippen molar-refractivity contribution in [2.75, 3.05) is 11.9 Å². The number of hydrogen-bond acceptors (Lipinski definition) is 5. The summed E-state index contributed by atoms with van der Waals surface area (Å²) in [6, 6.07) is 11.0. The van der Waals surface area contributed by atoms with Crippen LogP contribution in [0.2, 0.25) is 5.02 Å². The van der Waals surface area contributed by atoms with Crippen LogP contribution in [0, 0.1) is 0 Å². The van der Waals surface area contributed by atoms with E-state index in [1.54, 1.807) is 19.1 Å². The van der Waals surface area contributed by atoms with Gasteiger partial charge < -0.3 is 10.1 Å². The van der Waals surface area contributed by atoms with Gasteiger partial charge in [-0.3, -0.25) is 4.79 Å². The Balaban J connectivity index is 2.13. The number of esters is 1. The molecular formula is C21H25ClN2O5S. The van der Waals surface area contributed by atoms with E-state index in [-0.39, 0.29) is 11.5 Å². The molecule has 0 bridgehead atoms. The van der Waals surface area contributed by atoms with Gasteiger partial charge in [-0.25, -0.2) is 13.2 Å². The number of amides is 1. The number of ether oxygens (including phenoxy) is 1. The van der Waals surface area contributed by atoms with Crippen molar-refractivity contribution in [1.29, 1.82) is 0 Å². The lowest BCUT2D eigenvalue weighted by Gasteiger charge is -2.18. The fourth-order valence-electron chi connectivity index (χ4n) is 2.65. The molecule has 162 valence electrons. The van der Waals surface area contributed by atoms with Crippen LogP contribution in [0.25, 0.3) is 0 Å². The number of hydrogen-bond donors (Lipinski definition) is 2. The molecule has 2 aromatic carbocycles. The van der Waals surface area contributed by atoms with Crippen LogP contribution in [0.15, 0.2) is 53.4 Å².